The Morgan fingerprint density at radius 2 is 1.69 bits per heavy atom. The molecule has 0 radical (unpaired) electrons. The highest BCUT2D eigenvalue weighted by atomic mass is 32.1. The smallest absolute Gasteiger partial charge is 0.169 e. The summed E-state index contributed by atoms with van der Waals surface area (Å²) >= 11 is 1.82. The first-order chi connectivity index (χ1) is 27.0. The molecule has 2 heterocycles. The van der Waals surface area contributed by atoms with Crippen LogP contribution in [0.15, 0.2) is 198 Å². The summed E-state index contributed by atoms with van der Waals surface area (Å²) in [6, 6.07) is 39.1. The number of nitrogens with zero attached hydrogens (tertiary/aromatic N) is 2. The lowest BCUT2D eigenvalue weighted by atomic mass is 9.67. The topological polar surface area (TPSA) is 36.8 Å². The van der Waals surface area contributed by atoms with Gasteiger partial charge in [0.25, 0.3) is 0 Å². The number of nitrogens with one attached hydrogen (secondary N) is 1. The lowest BCUT2D eigenvalue weighted by Crippen LogP contribution is -2.38. The van der Waals surface area contributed by atoms with Crippen molar-refractivity contribution in [2.24, 2.45) is 15.9 Å². The van der Waals surface area contributed by atoms with Crippen molar-refractivity contribution in [3.63, 3.8) is 0 Å². The second-order valence-corrected chi connectivity index (χ2v) is 15.4. The Hall–Kier alpha value is -6.28. The fraction of sp³-hybridized carbons (Fsp3) is 0.137. The monoisotopic (exact) mass is 729 g/mol. The molecule has 1 N–H and O–H groups in total. The molecule has 4 heteroatoms. The van der Waals surface area contributed by atoms with Crippen LogP contribution in [-0.4, -0.2) is 11.7 Å². The third kappa shape index (κ3) is 7.45. The predicted octanol–water partition coefficient (Wildman–Crippen LogP) is 12.5. The number of hydrogen-bond acceptors (Lipinski definition) is 4. The van der Waals surface area contributed by atoms with Crippen LogP contribution in [0.2, 0.25) is 0 Å². The number of aliphatic imine (C=N–C) groups is 2. The van der Waals surface area contributed by atoms with Crippen LogP contribution in [-0.2, 0) is 5.41 Å². The summed E-state index contributed by atoms with van der Waals surface area (Å²) in [5.74, 6) is 4.60. The summed E-state index contributed by atoms with van der Waals surface area (Å²) in [7, 11) is 0. The molecule has 3 nitrogen and oxygen atoms in total. The van der Waals surface area contributed by atoms with Crippen molar-refractivity contribution in [3.05, 3.63) is 210 Å². The molecule has 3 atom stereocenters. The van der Waals surface area contributed by atoms with Gasteiger partial charge in [-0.05, 0) is 87.7 Å². The maximum Gasteiger partial charge on any atom is 0.169 e. The minimum atomic E-state index is -0.409. The highest BCUT2D eigenvalue weighted by Gasteiger charge is 2.35. The van der Waals surface area contributed by atoms with Gasteiger partial charge in [-0.3, -0.25) is 0 Å². The Balaban J connectivity index is 1.23. The average Bonchev–Trinajstić information content (AvgIpc) is 3.69. The largest absolute Gasteiger partial charge is 0.325 e. The normalized spacial score (nSPS) is 22.7. The van der Waals surface area contributed by atoms with Gasteiger partial charge in [-0.15, -0.1) is 17.8 Å². The van der Waals surface area contributed by atoms with Crippen molar-refractivity contribution in [2.45, 2.75) is 37.8 Å². The number of allylic oxidation sites excluding steroid dienone is 10. The zero-order valence-corrected chi connectivity index (χ0v) is 31.8. The van der Waals surface area contributed by atoms with Gasteiger partial charge in [-0.1, -0.05) is 171 Å². The van der Waals surface area contributed by atoms with Gasteiger partial charge in [0.2, 0.25) is 0 Å². The van der Waals surface area contributed by atoms with Crippen LogP contribution in [0.1, 0.15) is 54.6 Å². The van der Waals surface area contributed by atoms with Crippen molar-refractivity contribution in [3.8, 4) is 22.8 Å². The van der Waals surface area contributed by atoms with Crippen molar-refractivity contribution < 1.29 is 0 Å². The zero-order chi connectivity index (χ0) is 37.6. The van der Waals surface area contributed by atoms with Gasteiger partial charge in [0.15, 0.2) is 6.17 Å². The summed E-state index contributed by atoms with van der Waals surface area (Å²) < 4.78 is 1.29. The van der Waals surface area contributed by atoms with E-state index in [1.807, 2.05) is 17.4 Å². The van der Waals surface area contributed by atoms with Gasteiger partial charge >= 0.3 is 0 Å². The fourth-order valence-electron chi connectivity index (χ4n) is 7.79. The lowest BCUT2D eigenvalue weighted by Gasteiger charge is -2.35. The highest BCUT2D eigenvalue weighted by molar-refractivity contribution is 7.22. The summed E-state index contributed by atoms with van der Waals surface area (Å²) in [5.41, 5.74) is 8.61. The Kier molecular flexibility index (Phi) is 10.4. The molecule has 55 heavy (non-hydrogen) atoms. The van der Waals surface area contributed by atoms with Crippen molar-refractivity contribution in [1.29, 1.82) is 0 Å². The molecule has 3 aliphatic rings. The first kappa shape index (κ1) is 35.7. The van der Waals surface area contributed by atoms with E-state index in [9.17, 15) is 0 Å². The van der Waals surface area contributed by atoms with Gasteiger partial charge in [0.1, 0.15) is 11.7 Å². The van der Waals surface area contributed by atoms with Crippen LogP contribution in [0.3, 0.4) is 0 Å². The summed E-state index contributed by atoms with van der Waals surface area (Å²) in [4.78, 5) is 11.9. The van der Waals surface area contributed by atoms with E-state index >= 15 is 0 Å². The van der Waals surface area contributed by atoms with Gasteiger partial charge in [0, 0.05) is 20.6 Å². The molecule has 5 aromatic rings. The van der Waals surface area contributed by atoms with Gasteiger partial charge in [-0.25, -0.2) is 9.98 Å². The van der Waals surface area contributed by atoms with E-state index in [2.05, 4.69) is 183 Å². The molecule has 0 bridgehead atoms. The van der Waals surface area contributed by atoms with E-state index in [1.54, 1.807) is 6.08 Å². The molecule has 0 saturated carbocycles. The van der Waals surface area contributed by atoms with Crippen LogP contribution in [0.4, 0.5) is 0 Å². The van der Waals surface area contributed by atoms with Gasteiger partial charge < -0.3 is 5.32 Å². The van der Waals surface area contributed by atoms with Crippen molar-refractivity contribution in [1.82, 2.24) is 5.32 Å². The predicted molar refractivity (Wildman–Crippen MR) is 235 cm³/mol. The van der Waals surface area contributed by atoms with E-state index in [4.69, 9.17) is 16.4 Å². The Morgan fingerprint density at radius 3 is 2.51 bits per heavy atom. The number of terminal acetylenes is 1. The third-order valence-corrected chi connectivity index (χ3v) is 12.0. The molecule has 1 aromatic heterocycles. The molecule has 3 unspecified atom stereocenters. The molecule has 0 fully saturated rings. The summed E-state index contributed by atoms with van der Waals surface area (Å²) in [6.07, 6.45) is 28.7. The number of benzene rings is 4. The van der Waals surface area contributed by atoms with Crippen LogP contribution < -0.4 is 5.32 Å². The highest BCUT2D eigenvalue weighted by Crippen LogP contribution is 2.44. The molecule has 1 aliphatic heterocycles. The van der Waals surface area contributed by atoms with Gasteiger partial charge in [0.05, 0.1) is 0 Å². The lowest BCUT2D eigenvalue weighted by molar-refractivity contribution is 0.526. The Bertz CT molecular complexity index is 2490. The third-order valence-electron chi connectivity index (χ3n) is 10.8. The minimum absolute atomic E-state index is 0.326. The van der Waals surface area contributed by atoms with Crippen molar-refractivity contribution >= 4 is 38.7 Å². The summed E-state index contributed by atoms with van der Waals surface area (Å²) in [5, 5.41) is 4.99. The molecule has 4 aromatic carbocycles. The van der Waals surface area contributed by atoms with E-state index in [-0.39, 0.29) is 0 Å². The Labute approximate surface area is 329 Å². The number of thiophene rings is 1. The van der Waals surface area contributed by atoms with Crippen molar-refractivity contribution in [2.75, 3.05) is 0 Å². The SMILES string of the molecule is C#C/C=C\C=C/CC1(c2ccccc2)C/C=C(C2=NC(c3ccc(-c4cc5ccccc5s4)cc3)N=C(C3=CC=CCC3C)N2)\C=C/C(=C)c2ccccc21. The van der Waals surface area contributed by atoms with E-state index < -0.39 is 11.6 Å². The number of fused-ring (bicyclic) bond motifs is 2. The molecule has 0 amide bonds. The average molecular weight is 730 g/mol. The van der Waals surface area contributed by atoms with Crippen LogP contribution >= 0.6 is 11.3 Å². The van der Waals surface area contributed by atoms with Crippen LogP contribution in [0.25, 0.3) is 26.1 Å². The molecular formula is C51H43N3S. The quantitative estimate of drug-likeness (QED) is 0.125. The van der Waals surface area contributed by atoms with Crippen LogP contribution in [0.5, 0.6) is 0 Å². The number of amidine groups is 2. The summed E-state index contributed by atoms with van der Waals surface area (Å²) in [6.45, 7) is 6.87. The molecule has 0 saturated heterocycles. The number of hydrogen-bond donors (Lipinski definition) is 1. The molecular weight excluding hydrogens is 687 g/mol. The first-order valence-electron chi connectivity index (χ1n) is 18.9. The first-order valence-corrected chi connectivity index (χ1v) is 19.7. The second kappa shape index (κ2) is 16.0. The standard InChI is InChI=1S/C51H43N3S/c1-4-5-6-7-17-33-51(42-20-9-8-10-21-42)34-32-40(27-26-37(3)43-22-14-15-24-45(43)51)49-52-48(53-50(54-49)44-23-13-11-18-36(44)2)39-30-28-38(29-31-39)47-35-41-19-12-16-25-46(41)55-47/h1,5-17,19-32,35-36,48H,3,18,33-34H2,2H3,(H,52,53,54)/b6-5-,17-7-,27-26-,40-32+. The molecule has 2 aliphatic carbocycles. The number of rotatable bonds is 8. The minimum Gasteiger partial charge on any atom is -0.325 e. The van der Waals surface area contributed by atoms with E-state index in [0.29, 0.717) is 5.92 Å². The molecule has 8 rings (SSSR count). The van der Waals surface area contributed by atoms with E-state index in [0.717, 1.165) is 53.2 Å². The zero-order valence-electron chi connectivity index (χ0n) is 31.0. The fourth-order valence-corrected chi connectivity index (χ4v) is 8.86. The maximum atomic E-state index is 5.52. The van der Waals surface area contributed by atoms with Gasteiger partial charge in [-0.2, -0.15) is 0 Å². The molecule has 268 valence electrons. The molecule has 0 spiro atoms. The maximum absolute atomic E-state index is 5.52. The second-order valence-electron chi connectivity index (χ2n) is 14.3. The van der Waals surface area contributed by atoms with E-state index in [1.165, 1.54) is 37.2 Å². The van der Waals surface area contributed by atoms with Crippen LogP contribution in [0, 0.1) is 18.3 Å². The Morgan fingerprint density at radius 1 is 0.909 bits per heavy atom.